The van der Waals surface area contributed by atoms with Crippen LogP contribution in [0.25, 0.3) is 0 Å². The summed E-state index contributed by atoms with van der Waals surface area (Å²) in [5.74, 6) is 0. The molecule has 3 heterocycles. The van der Waals surface area contributed by atoms with E-state index in [0.717, 1.165) is 38.4 Å². The molecule has 7 nitrogen and oxygen atoms in total. The fraction of sp³-hybridized carbons (Fsp3) is 0.625. The topological polar surface area (TPSA) is 63.2 Å². The first-order chi connectivity index (χ1) is 11.1. The number of urea groups is 1. The smallest absolute Gasteiger partial charge is 0.320 e. The monoisotopic (exact) mass is 319 g/mol. The molecule has 1 aromatic heterocycles. The summed E-state index contributed by atoms with van der Waals surface area (Å²) in [5.41, 5.74) is 1.04. The van der Waals surface area contributed by atoms with Crippen molar-refractivity contribution in [2.24, 2.45) is 0 Å². The molecule has 0 bridgehead atoms. The van der Waals surface area contributed by atoms with Crippen molar-refractivity contribution >= 4 is 11.7 Å². The number of amides is 2. The van der Waals surface area contributed by atoms with Crippen LogP contribution in [0.15, 0.2) is 24.5 Å². The van der Waals surface area contributed by atoms with Gasteiger partial charge in [-0.25, -0.2) is 4.79 Å². The van der Waals surface area contributed by atoms with Crippen LogP contribution in [-0.4, -0.2) is 96.3 Å². The summed E-state index contributed by atoms with van der Waals surface area (Å²) >= 11 is 0. The second-order valence-electron chi connectivity index (χ2n) is 6.32. The van der Waals surface area contributed by atoms with Gasteiger partial charge in [0.2, 0.25) is 0 Å². The Morgan fingerprint density at radius 3 is 2.39 bits per heavy atom. The summed E-state index contributed by atoms with van der Waals surface area (Å²) in [7, 11) is 2.07. The number of aromatic nitrogens is 1. The van der Waals surface area contributed by atoms with Crippen molar-refractivity contribution in [2.45, 2.75) is 6.10 Å². The molecule has 0 saturated carbocycles. The van der Waals surface area contributed by atoms with Gasteiger partial charge in [-0.3, -0.25) is 4.98 Å². The normalized spacial score (nSPS) is 23.7. The maximum absolute atomic E-state index is 12.7. The van der Waals surface area contributed by atoms with Crippen molar-refractivity contribution in [1.29, 1.82) is 0 Å². The molecule has 2 aliphatic heterocycles. The Bertz CT molecular complexity index is 518. The lowest BCUT2D eigenvalue weighted by Crippen LogP contribution is -2.53. The molecule has 1 aromatic rings. The molecule has 0 unspecified atom stereocenters. The van der Waals surface area contributed by atoms with Crippen LogP contribution < -0.4 is 4.90 Å². The molecule has 0 radical (unpaired) electrons. The first kappa shape index (κ1) is 16.0. The van der Waals surface area contributed by atoms with Crippen molar-refractivity contribution in [3.63, 3.8) is 0 Å². The second kappa shape index (κ2) is 7.14. The Morgan fingerprint density at radius 1 is 1.04 bits per heavy atom. The summed E-state index contributed by atoms with van der Waals surface area (Å²) < 4.78 is 0. The Morgan fingerprint density at radius 2 is 1.70 bits per heavy atom. The number of likely N-dealkylation sites (N-methyl/N-ethyl adjacent to an activating group) is 1. The third-order valence-corrected chi connectivity index (χ3v) is 4.57. The third-order valence-electron chi connectivity index (χ3n) is 4.57. The number of anilines is 1. The van der Waals surface area contributed by atoms with Gasteiger partial charge in [0, 0.05) is 63.9 Å². The quantitative estimate of drug-likeness (QED) is 0.785. The Labute approximate surface area is 137 Å². The van der Waals surface area contributed by atoms with Gasteiger partial charge < -0.3 is 24.7 Å². The minimum atomic E-state index is -0.540. The van der Waals surface area contributed by atoms with Gasteiger partial charge in [-0.2, -0.15) is 0 Å². The van der Waals surface area contributed by atoms with Gasteiger partial charge in [-0.1, -0.05) is 0 Å². The van der Waals surface area contributed by atoms with Crippen LogP contribution in [0.5, 0.6) is 0 Å². The van der Waals surface area contributed by atoms with Crippen LogP contribution in [0.2, 0.25) is 0 Å². The van der Waals surface area contributed by atoms with Crippen molar-refractivity contribution in [3.05, 3.63) is 24.5 Å². The average molecular weight is 319 g/mol. The number of nitrogens with zero attached hydrogens (tertiary/aromatic N) is 5. The third kappa shape index (κ3) is 3.92. The number of carbonyl (C=O) groups excluding carboxylic acids is 1. The molecule has 2 fully saturated rings. The molecule has 3 rings (SSSR count). The van der Waals surface area contributed by atoms with Crippen LogP contribution in [0.3, 0.4) is 0 Å². The van der Waals surface area contributed by atoms with E-state index in [2.05, 4.69) is 21.8 Å². The summed E-state index contributed by atoms with van der Waals surface area (Å²) in [6.45, 7) is 5.62. The molecule has 2 saturated heterocycles. The Hall–Kier alpha value is -1.86. The summed E-state index contributed by atoms with van der Waals surface area (Å²) in [5, 5.41) is 10.3. The zero-order chi connectivity index (χ0) is 16.2. The number of hydrogen-bond acceptors (Lipinski definition) is 5. The predicted octanol–water partition coefficient (Wildman–Crippen LogP) is -0.0681. The molecule has 0 aliphatic carbocycles. The zero-order valence-corrected chi connectivity index (χ0v) is 13.6. The number of piperazine rings is 1. The number of carbonyl (C=O) groups is 1. The summed E-state index contributed by atoms with van der Waals surface area (Å²) in [4.78, 5) is 24.8. The minimum Gasteiger partial charge on any atom is -0.389 e. The number of hydrogen-bond donors (Lipinski definition) is 1. The van der Waals surface area contributed by atoms with Gasteiger partial charge in [-0.05, 0) is 19.2 Å². The van der Waals surface area contributed by atoms with Crippen LogP contribution in [0.4, 0.5) is 10.5 Å². The van der Waals surface area contributed by atoms with E-state index in [1.807, 2.05) is 17.0 Å². The fourth-order valence-electron chi connectivity index (χ4n) is 3.15. The maximum atomic E-state index is 12.7. The maximum Gasteiger partial charge on any atom is 0.320 e. The number of β-amino-alcohol motifs (C(OH)–C–C–N with tert-alkyl or cyclic N) is 1. The van der Waals surface area contributed by atoms with E-state index in [0.29, 0.717) is 19.6 Å². The molecule has 7 heteroatoms. The lowest BCUT2D eigenvalue weighted by atomic mass is 10.3. The number of aliphatic hydroxyl groups is 1. The molecule has 1 atom stereocenters. The van der Waals surface area contributed by atoms with E-state index in [4.69, 9.17) is 0 Å². The van der Waals surface area contributed by atoms with E-state index in [-0.39, 0.29) is 6.03 Å². The first-order valence-electron chi connectivity index (χ1n) is 8.19. The summed E-state index contributed by atoms with van der Waals surface area (Å²) in [6, 6.07) is 3.92. The molecule has 0 spiro atoms. The van der Waals surface area contributed by atoms with E-state index in [9.17, 15) is 9.90 Å². The van der Waals surface area contributed by atoms with Gasteiger partial charge >= 0.3 is 6.03 Å². The highest BCUT2D eigenvalue weighted by Crippen LogP contribution is 2.16. The predicted molar refractivity (Wildman–Crippen MR) is 88.5 cm³/mol. The second-order valence-corrected chi connectivity index (χ2v) is 6.32. The number of rotatable bonds is 1. The molecule has 2 aliphatic rings. The lowest BCUT2D eigenvalue weighted by Gasteiger charge is -2.36. The molecular formula is C16H25N5O2. The fourth-order valence-corrected chi connectivity index (χ4v) is 3.15. The van der Waals surface area contributed by atoms with E-state index in [1.54, 1.807) is 17.3 Å². The van der Waals surface area contributed by atoms with E-state index >= 15 is 0 Å². The SMILES string of the molecule is CN1CCN(C(=O)N2CCN(c3ccncc3)C[C@H](O)C2)CC1. The van der Waals surface area contributed by atoms with Crippen molar-refractivity contribution in [1.82, 2.24) is 19.7 Å². The first-order valence-corrected chi connectivity index (χ1v) is 8.19. The van der Waals surface area contributed by atoms with Crippen LogP contribution in [-0.2, 0) is 0 Å². The van der Waals surface area contributed by atoms with Crippen molar-refractivity contribution in [2.75, 3.05) is 64.3 Å². The molecule has 23 heavy (non-hydrogen) atoms. The highest BCUT2D eigenvalue weighted by molar-refractivity contribution is 5.74. The molecule has 126 valence electrons. The van der Waals surface area contributed by atoms with Crippen LogP contribution >= 0.6 is 0 Å². The van der Waals surface area contributed by atoms with Crippen LogP contribution in [0.1, 0.15) is 0 Å². The largest absolute Gasteiger partial charge is 0.389 e. The Balaban J connectivity index is 1.63. The van der Waals surface area contributed by atoms with Crippen molar-refractivity contribution in [3.8, 4) is 0 Å². The zero-order valence-electron chi connectivity index (χ0n) is 13.6. The van der Waals surface area contributed by atoms with Crippen LogP contribution in [0, 0.1) is 0 Å². The molecule has 0 aromatic carbocycles. The molecule has 2 amide bonds. The summed E-state index contributed by atoms with van der Waals surface area (Å²) in [6.07, 6.45) is 2.96. The average Bonchev–Trinajstić information content (AvgIpc) is 2.77. The number of pyridine rings is 1. The van der Waals surface area contributed by atoms with Gasteiger partial charge in [0.25, 0.3) is 0 Å². The van der Waals surface area contributed by atoms with Gasteiger partial charge in [-0.15, -0.1) is 0 Å². The number of aliphatic hydroxyl groups excluding tert-OH is 1. The van der Waals surface area contributed by atoms with Gasteiger partial charge in [0.05, 0.1) is 12.6 Å². The standard InChI is InChI=1S/C16H25N5O2/c1-18-6-8-19(9-7-18)16(23)21-11-10-20(12-15(22)13-21)14-2-4-17-5-3-14/h2-5,15,22H,6-13H2,1H3/t15-/m0/s1. The molecular weight excluding hydrogens is 294 g/mol. The van der Waals surface area contributed by atoms with Gasteiger partial charge in [0.1, 0.15) is 0 Å². The van der Waals surface area contributed by atoms with E-state index < -0.39 is 6.10 Å². The van der Waals surface area contributed by atoms with Gasteiger partial charge in [0.15, 0.2) is 0 Å². The van der Waals surface area contributed by atoms with E-state index in [1.165, 1.54) is 0 Å². The Kier molecular flexibility index (Phi) is 4.97. The molecule has 1 N–H and O–H groups in total. The minimum absolute atomic E-state index is 0.0497. The van der Waals surface area contributed by atoms with Crippen molar-refractivity contribution < 1.29 is 9.90 Å². The highest BCUT2D eigenvalue weighted by atomic mass is 16.3. The highest BCUT2D eigenvalue weighted by Gasteiger charge is 2.28. The lowest BCUT2D eigenvalue weighted by molar-refractivity contribution is 0.101.